The summed E-state index contributed by atoms with van der Waals surface area (Å²) in [4.78, 5) is 18.1. The van der Waals surface area contributed by atoms with Gasteiger partial charge in [0.15, 0.2) is 5.82 Å². The number of anilines is 1. The van der Waals surface area contributed by atoms with Gasteiger partial charge in [-0.1, -0.05) is 6.07 Å². The number of carbonyl (C=O) groups is 1. The highest BCUT2D eigenvalue weighted by Gasteiger charge is 2.25. The summed E-state index contributed by atoms with van der Waals surface area (Å²) in [5, 5.41) is 10.8. The number of aromatic nitrogens is 2. The standard InChI is InChI=1S/C21H22N4O3S/c1-27-15-5-6-16(18(14-15)28-2)21(26)25-11-9-24(10-12-25)20-8-7-17(22-23-20)19-4-3-13-29-19/h3-8,13-14H,9-12H2,1-2H3. The van der Waals surface area contributed by atoms with Crippen molar-refractivity contribution in [1.82, 2.24) is 15.1 Å². The molecular formula is C21H22N4O3S. The molecule has 3 heterocycles. The first-order valence-electron chi connectivity index (χ1n) is 9.33. The van der Waals surface area contributed by atoms with Crippen molar-refractivity contribution in [2.45, 2.75) is 0 Å². The smallest absolute Gasteiger partial charge is 0.257 e. The van der Waals surface area contributed by atoms with E-state index in [-0.39, 0.29) is 5.91 Å². The zero-order valence-electron chi connectivity index (χ0n) is 16.4. The molecule has 8 heteroatoms. The number of piperazine rings is 1. The maximum absolute atomic E-state index is 13.0. The lowest BCUT2D eigenvalue weighted by molar-refractivity contribution is 0.0743. The predicted octanol–water partition coefficient (Wildman–Crippen LogP) is 3.18. The van der Waals surface area contributed by atoms with Gasteiger partial charge < -0.3 is 19.3 Å². The average Bonchev–Trinajstić information content (AvgIpc) is 3.33. The van der Waals surface area contributed by atoms with Crippen LogP contribution in [0.1, 0.15) is 10.4 Å². The number of rotatable bonds is 5. The fourth-order valence-corrected chi connectivity index (χ4v) is 4.02. The molecular weight excluding hydrogens is 388 g/mol. The Hall–Kier alpha value is -3.13. The molecule has 1 aliphatic heterocycles. The minimum Gasteiger partial charge on any atom is -0.497 e. The molecule has 0 atom stereocenters. The van der Waals surface area contributed by atoms with E-state index in [2.05, 4.69) is 15.1 Å². The molecule has 0 aliphatic carbocycles. The van der Waals surface area contributed by atoms with Crippen LogP contribution < -0.4 is 14.4 Å². The topological polar surface area (TPSA) is 67.8 Å². The molecule has 0 bridgehead atoms. The van der Waals surface area contributed by atoms with Gasteiger partial charge in [0.25, 0.3) is 5.91 Å². The third-order valence-electron chi connectivity index (χ3n) is 4.95. The van der Waals surface area contributed by atoms with Gasteiger partial charge >= 0.3 is 0 Å². The first kappa shape index (κ1) is 19.2. The van der Waals surface area contributed by atoms with Gasteiger partial charge in [-0.3, -0.25) is 4.79 Å². The summed E-state index contributed by atoms with van der Waals surface area (Å²) in [7, 11) is 3.15. The third-order valence-corrected chi connectivity index (χ3v) is 5.85. The van der Waals surface area contributed by atoms with Gasteiger partial charge in [-0.2, -0.15) is 0 Å². The number of carbonyl (C=O) groups excluding carboxylic acids is 1. The second kappa shape index (κ2) is 8.48. The van der Waals surface area contributed by atoms with Crippen LogP contribution >= 0.6 is 11.3 Å². The third kappa shape index (κ3) is 4.02. The van der Waals surface area contributed by atoms with Crippen LogP contribution in [0.4, 0.5) is 5.82 Å². The molecule has 0 unspecified atom stereocenters. The number of thiophene rings is 1. The Bertz CT molecular complexity index is 968. The molecule has 29 heavy (non-hydrogen) atoms. The monoisotopic (exact) mass is 410 g/mol. The summed E-state index contributed by atoms with van der Waals surface area (Å²) in [6.45, 7) is 2.64. The molecule has 7 nitrogen and oxygen atoms in total. The summed E-state index contributed by atoms with van der Waals surface area (Å²) in [6.07, 6.45) is 0. The Morgan fingerprint density at radius 3 is 2.45 bits per heavy atom. The minimum absolute atomic E-state index is 0.0386. The van der Waals surface area contributed by atoms with Crippen molar-refractivity contribution in [2.75, 3.05) is 45.3 Å². The largest absolute Gasteiger partial charge is 0.497 e. The summed E-state index contributed by atoms with van der Waals surface area (Å²) in [6, 6.07) is 13.3. The van der Waals surface area contributed by atoms with Crippen molar-refractivity contribution in [2.24, 2.45) is 0 Å². The molecule has 0 saturated carbocycles. The normalized spacial score (nSPS) is 14.0. The fraction of sp³-hybridized carbons (Fsp3) is 0.286. The van der Waals surface area contributed by atoms with E-state index in [9.17, 15) is 4.79 Å². The van der Waals surface area contributed by atoms with E-state index >= 15 is 0 Å². The van der Waals surface area contributed by atoms with Crippen molar-refractivity contribution in [1.29, 1.82) is 0 Å². The Morgan fingerprint density at radius 2 is 1.83 bits per heavy atom. The van der Waals surface area contributed by atoms with Crippen molar-refractivity contribution in [3.63, 3.8) is 0 Å². The van der Waals surface area contributed by atoms with Crippen molar-refractivity contribution >= 4 is 23.1 Å². The average molecular weight is 410 g/mol. The first-order valence-corrected chi connectivity index (χ1v) is 10.2. The number of nitrogens with zero attached hydrogens (tertiary/aromatic N) is 4. The van der Waals surface area contributed by atoms with Gasteiger partial charge in [0.2, 0.25) is 0 Å². The van der Waals surface area contributed by atoms with Gasteiger partial charge in [-0.25, -0.2) is 0 Å². The van der Waals surface area contributed by atoms with E-state index in [0.717, 1.165) is 16.4 Å². The second-order valence-corrected chi connectivity index (χ2v) is 7.55. The van der Waals surface area contributed by atoms with Crippen molar-refractivity contribution in [3.8, 4) is 22.1 Å². The number of methoxy groups -OCH3 is 2. The summed E-state index contributed by atoms with van der Waals surface area (Å²) in [5.41, 5.74) is 1.42. The fourth-order valence-electron chi connectivity index (χ4n) is 3.33. The van der Waals surface area contributed by atoms with Crippen LogP contribution in [-0.4, -0.2) is 61.4 Å². The Kier molecular flexibility index (Phi) is 5.62. The molecule has 0 spiro atoms. The first-order chi connectivity index (χ1) is 14.2. The number of hydrogen-bond donors (Lipinski definition) is 0. The van der Waals surface area contributed by atoms with Gasteiger partial charge in [-0.05, 0) is 35.7 Å². The van der Waals surface area contributed by atoms with E-state index in [0.29, 0.717) is 43.2 Å². The van der Waals surface area contributed by atoms with Gasteiger partial charge in [0.05, 0.1) is 24.7 Å². The molecule has 150 valence electrons. The predicted molar refractivity (Wildman–Crippen MR) is 113 cm³/mol. The highest BCUT2D eigenvalue weighted by molar-refractivity contribution is 7.13. The Labute approximate surface area is 173 Å². The molecule has 2 aromatic heterocycles. The van der Waals surface area contributed by atoms with Crippen molar-refractivity contribution in [3.05, 3.63) is 53.4 Å². The highest BCUT2D eigenvalue weighted by Crippen LogP contribution is 2.27. The number of ether oxygens (including phenoxy) is 2. The van der Waals surface area contributed by atoms with E-state index in [1.54, 1.807) is 43.8 Å². The van der Waals surface area contributed by atoms with Gasteiger partial charge in [-0.15, -0.1) is 21.5 Å². The van der Waals surface area contributed by atoms with E-state index in [1.807, 2.05) is 34.5 Å². The highest BCUT2D eigenvalue weighted by atomic mass is 32.1. The summed E-state index contributed by atoms with van der Waals surface area (Å²) in [5.74, 6) is 1.97. The SMILES string of the molecule is COc1ccc(C(=O)N2CCN(c3ccc(-c4cccs4)nn3)CC2)c(OC)c1. The maximum atomic E-state index is 13.0. The van der Waals surface area contributed by atoms with Crippen LogP contribution in [0.25, 0.3) is 10.6 Å². The summed E-state index contributed by atoms with van der Waals surface area (Å²) >= 11 is 1.65. The zero-order chi connectivity index (χ0) is 20.2. The Balaban J connectivity index is 1.41. The van der Waals surface area contributed by atoms with Crippen LogP contribution in [0, 0.1) is 0 Å². The van der Waals surface area contributed by atoms with Gasteiger partial charge in [0, 0.05) is 32.2 Å². The molecule has 1 aliphatic rings. The molecule has 1 saturated heterocycles. The van der Waals surface area contributed by atoms with Crippen LogP contribution in [0.5, 0.6) is 11.5 Å². The van der Waals surface area contributed by atoms with Crippen LogP contribution in [-0.2, 0) is 0 Å². The van der Waals surface area contributed by atoms with E-state index in [4.69, 9.17) is 9.47 Å². The lowest BCUT2D eigenvalue weighted by atomic mass is 10.1. The van der Waals surface area contributed by atoms with E-state index in [1.165, 1.54) is 0 Å². The lowest BCUT2D eigenvalue weighted by Crippen LogP contribution is -2.49. The number of hydrogen-bond acceptors (Lipinski definition) is 7. The van der Waals surface area contributed by atoms with Gasteiger partial charge in [0.1, 0.15) is 17.2 Å². The van der Waals surface area contributed by atoms with Crippen LogP contribution in [0.15, 0.2) is 47.8 Å². The van der Waals surface area contributed by atoms with Crippen LogP contribution in [0.2, 0.25) is 0 Å². The quantitative estimate of drug-likeness (QED) is 0.644. The Morgan fingerprint density at radius 1 is 1.00 bits per heavy atom. The molecule has 0 N–H and O–H groups in total. The van der Waals surface area contributed by atoms with Crippen LogP contribution in [0.3, 0.4) is 0 Å². The molecule has 0 radical (unpaired) electrons. The molecule has 4 rings (SSSR count). The number of amides is 1. The molecule has 1 amide bonds. The second-order valence-electron chi connectivity index (χ2n) is 6.60. The van der Waals surface area contributed by atoms with E-state index < -0.39 is 0 Å². The maximum Gasteiger partial charge on any atom is 0.257 e. The lowest BCUT2D eigenvalue weighted by Gasteiger charge is -2.35. The zero-order valence-corrected chi connectivity index (χ0v) is 17.2. The minimum atomic E-state index is -0.0386. The summed E-state index contributed by atoms with van der Waals surface area (Å²) < 4.78 is 10.6. The molecule has 1 fully saturated rings. The van der Waals surface area contributed by atoms with Crippen molar-refractivity contribution < 1.29 is 14.3 Å². The molecule has 1 aromatic carbocycles. The molecule has 3 aromatic rings. The number of benzene rings is 1.